The van der Waals surface area contributed by atoms with E-state index < -0.39 is 14.9 Å². The van der Waals surface area contributed by atoms with E-state index in [4.69, 9.17) is 0 Å². The molecule has 0 heterocycles. The lowest BCUT2D eigenvalue weighted by molar-refractivity contribution is -0.384. The molecule has 1 rings (SSSR count). The van der Waals surface area contributed by atoms with Gasteiger partial charge in [-0.3, -0.25) is 14.9 Å². The summed E-state index contributed by atoms with van der Waals surface area (Å²) >= 11 is 0. The summed E-state index contributed by atoms with van der Waals surface area (Å²) in [5.41, 5.74) is 0.254. The lowest BCUT2D eigenvalue weighted by Crippen LogP contribution is -2.27. The number of hydrogen-bond acceptors (Lipinski definition) is 6. The second-order valence-electron chi connectivity index (χ2n) is 4.14. The average Bonchev–Trinajstić information content (AvgIpc) is 2.33. The molecule has 0 amide bonds. The maximum absolute atomic E-state index is 11.2. The predicted molar refractivity (Wildman–Crippen MR) is 74.4 cm³/mol. The zero-order chi connectivity index (χ0) is 15.3. The lowest BCUT2D eigenvalue weighted by atomic mass is 10.1. The molecule has 0 radical (unpaired) electrons. The Bertz CT molecular complexity index is 627. The number of nitro benzene ring substituents is 1. The van der Waals surface area contributed by atoms with Gasteiger partial charge in [-0.05, 0) is 19.1 Å². The molecule has 0 bridgehead atoms. The number of anilines is 1. The highest BCUT2D eigenvalue weighted by Gasteiger charge is 2.15. The zero-order valence-electron chi connectivity index (χ0n) is 11.0. The summed E-state index contributed by atoms with van der Waals surface area (Å²) in [7, 11) is -3.29. The van der Waals surface area contributed by atoms with Gasteiger partial charge in [0.1, 0.15) is 5.69 Å². The van der Waals surface area contributed by atoms with E-state index in [2.05, 4.69) is 10.0 Å². The SMILES string of the molecule is CC(=O)c1ccc(NCCNS(C)(=O)=O)c([N+](=O)[O-])c1. The zero-order valence-corrected chi connectivity index (χ0v) is 11.9. The van der Waals surface area contributed by atoms with E-state index in [0.717, 1.165) is 6.26 Å². The van der Waals surface area contributed by atoms with Crippen molar-refractivity contribution in [2.75, 3.05) is 24.7 Å². The van der Waals surface area contributed by atoms with Crippen molar-refractivity contribution in [1.29, 1.82) is 0 Å². The Kier molecular flexibility index (Phi) is 5.17. The van der Waals surface area contributed by atoms with E-state index in [0.29, 0.717) is 0 Å². The van der Waals surface area contributed by atoms with Gasteiger partial charge in [0.25, 0.3) is 5.69 Å². The molecule has 1 aromatic carbocycles. The number of rotatable bonds is 7. The van der Waals surface area contributed by atoms with Crippen LogP contribution >= 0.6 is 0 Å². The second-order valence-corrected chi connectivity index (χ2v) is 5.97. The summed E-state index contributed by atoms with van der Waals surface area (Å²) in [5.74, 6) is -0.265. The van der Waals surface area contributed by atoms with Crippen LogP contribution in [0, 0.1) is 10.1 Å². The number of hydrogen-bond donors (Lipinski definition) is 2. The van der Waals surface area contributed by atoms with Crippen LogP contribution in [-0.2, 0) is 10.0 Å². The fourth-order valence-electron chi connectivity index (χ4n) is 1.48. The Morgan fingerprint density at radius 1 is 1.35 bits per heavy atom. The van der Waals surface area contributed by atoms with Crippen LogP contribution in [-0.4, -0.2) is 38.5 Å². The van der Waals surface area contributed by atoms with E-state index in [1.807, 2.05) is 0 Å². The van der Waals surface area contributed by atoms with Crippen molar-refractivity contribution < 1.29 is 18.1 Å². The summed E-state index contributed by atoms with van der Waals surface area (Å²) in [4.78, 5) is 21.5. The molecule has 2 N–H and O–H groups in total. The Balaban J connectivity index is 2.79. The summed E-state index contributed by atoms with van der Waals surface area (Å²) < 4.78 is 24.0. The Hall–Kier alpha value is -2.00. The van der Waals surface area contributed by atoms with Crippen LogP contribution in [0.4, 0.5) is 11.4 Å². The van der Waals surface area contributed by atoms with Crippen LogP contribution in [0.3, 0.4) is 0 Å². The molecule has 0 saturated heterocycles. The van der Waals surface area contributed by atoms with Gasteiger partial charge in [0.05, 0.1) is 11.2 Å². The van der Waals surface area contributed by atoms with Gasteiger partial charge in [-0.15, -0.1) is 0 Å². The monoisotopic (exact) mass is 301 g/mol. The van der Waals surface area contributed by atoms with Gasteiger partial charge in [-0.1, -0.05) is 0 Å². The van der Waals surface area contributed by atoms with Crippen LogP contribution in [0.2, 0.25) is 0 Å². The lowest BCUT2D eigenvalue weighted by Gasteiger charge is -2.08. The third-order valence-corrected chi connectivity index (χ3v) is 3.13. The smallest absolute Gasteiger partial charge is 0.293 e. The highest BCUT2D eigenvalue weighted by molar-refractivity contribution is 7.88. The van der Waals surface area contributed by atoms with Gasteiger partial charge in [-0.2, -0.15) is 0 Å². The first-order valence-electron chi connectivity index (χ1n) is 5.68. The van der Waals surface area contributed by atoms with Gasteiger partial charge in [0, 0.05) is 24.7 Å². The number of carbonyl (C=O) groups is 1. The molecule has 0 spiro atoms. The number of nitrogens with one attached hydrogen (secondary N) is 2. The van der Waals surface area contributed by atoms with Crippen molar-refractivity contribution in [3.05, 3.63) is 33.9 Å². The first-order valence-corrected chi connectivity index (χ1v) is 7.58. The van der Waals surface area contributed by atoms with Crippen molar-refractivity contribution in [2.45, 2.75) is 6.92 Å². The van der Waals surface area contributed by atoms with Crippen LogP contribution in [0.1, 0.15) is 17.3 Å². The van der Waals surface area contributed by atoms with Crippen molar-refractivity contribution in [3.63, 3.8) is 0 Å². The fraction of sp³-hybridized carbons (Fsp3) is 0.364. The van der Waals surface area contributed by atoms with Gasteiger partial charge in [-0.25, -0.2) is 13.1 Å². The quantitative estimate of drug-likeness (QED) is 0.332. The Labute approximate surface area is 116 Å². The van der Waals surface area contributed by atoms with Crippen molar-refractivity contribution >= 4 is 27.2 Å². The summed E-state index contributed by atoms with van der Waals surface area (Å²) in [5, 5.41) is 13.7. The van der Waals surface area contributed by atoms with Crippen molar-refractivity contribution in [2.24, 2.45) is 0 Å². The van der Waals surface area contributed by atoms with Crippen molar-refractivity contribution in [3.8, 4) is 0 Å². The predicted octanol–water partition coefficient (Wildman–Crippen LogP) is 0.759. The van der Waals surface area contributed by atoms with Gasteiger partial charge in [0.2, 0.25) is 10.0 Å². The van der Waals surface area contributed by atoms with Gasteiger partial charge < -0.3 is 5.32 Å². The van der Waals surface area contributed by atoms with Gasteiger partial charge >= 0.3 is 0 Å². The van der Waals surface area contributed by atoms with E-state index in [-0.39, 0.29) is 35.8 Å². The van der Waals surface area contributed by atoms with Crippen LogP contribution in [0.25, 0.3) is 0 Å². The number of nitro groups is 1. The summed E-state index contributed by atoms with van der Waals surface area (Å²) in [6, 6.07) is 4.09. The van der Waals surface area contributed by atoms with Gasteiger partial charge in [0.15, 0.2) is 5.78 Å². The molecular formula is C11H15N3O5S. The number of Topliss-reactive ketones (excluding diaryl/α,β-unsaturated/α-hetero) is 1. The molecule has 9 heteroatoms. The number of benzene rings is 1. The van der Waals surface area contributed by atoms with E-state index in [1.165, 1.54) is 25.1 Å². The minimum absolute atomic E-state index is 0.102. The largest absolute Gasteiger partial charge is 0.378 e. The first kappa shape index (κ1) is 16.1. The van der Waals surface area contributed by atoms with Crippen LogP contribution in [0.15, 0.2) is 18.2 Å². The molecule has 0 unspecified atom stereocenters. The summed E-state index contributed by atoms with van der Waals surface area (Å²) in [6.45, 7) is 1.61. The molecule has 8 nitrogen and oxygen atoms in total. The molecular weight excluding hydrogens is 286 g/mol. The standard InChI is InChI=1S/C11H15N3O5S/c1-8(15)9-3-4-10(11(7-9)14(16)17)12-5-6-13-20(2,18)19/h3-4,7,12-13H,5-6H2,1-2H3. The number of carbonyl (C=O) groups excluding carboxylic acids is 1. The van der Waals surface area contributed by atoms with Crippen molar-refractivity contribution in [1.82, 2.24) is 4.72 Å². The molecule has 0 saturated carbocycles. The second kappa shape index (κ2) is 6.44. The minimum atomic E-state index is -3.29. The van der Waals surface area contributed by atoms with Crippen LogP contribution < -0.4 is 10.0 Å². The minimum Gasteiger partial charge on any atom is -0.378 e. The van der Waals surface area contributed by atoms with E-state index in [1.54, 1.807) is 0 Å². The average molecular weight is 301 g/mol. The Morgan fingerprint density at radius 2 is 2.00 bits per heavy atom. The first-order chi connectivity index (χ1) is 9.20. The molecule has 0 atom stereocenters. The number of sulfonamides is 1. The Morgan fingerprint density at radius 3 is 2.50 bits per heavy atom. The maximum Gasteiger partial charge on any atom is 0.293 e. The highest BCUT2D eigenvalue weighted by atomic mass is 32.2. The van der Waals surface area contributed by atoms with Crippen LogP contribution in [0.5, 0.6) is 0 Å². The molecule has 20 heavy (non-hydrogen) atoms. The highest BCUT2D eigenvalue weighted by Crippen LogP contribution is 2.25. The topological polar surface area (TPSA) is 118 Å². The molecule has 110 valence electrons. The molecule has 0 fully saturated rings. The number of ketones is 1. The molecule has 0 aliphatic rings. The molecule has 0 aliphatic carbocycles. The number of nitrogens with zero attached hydrogens (tertiary/aromatic N) is 1. The third-order valence-electron chi connectivity index (χ3n) is 2.41. The fourth-order valence-corrected chi connectivity index (χ4v) is 1.96. The molecule has 0 aliphatic heterocycles. The van der Waals surface area contributed by atoms with E-state index >= 15 is 0 Å². The summed E-state index contributed by atoms with van der Waals surface area (Å²) in [6.07, 6.45) is 1.02. The normalized spacial score (nSPS) is 11.1. The van der Waals surface area contributed by atoms with E-state index in [9.17, 15) is 23.3 Å². The third kappa shape index (κ3) is 4.94. The maximum atomic E-state index is 11.2. The molecule has 1 aromatic rings. The molecule has 0 aromatic heterocycles.